The van der Waals surface area contributed by atoms with Crippen molar-refractivity contribution in [3.8, 4) is 11.5 Å². The maximum Gasteiger partial charge on any atom is 0.331 e. The largest absolute Gasteiger partial charge is 0.493 e. The van der Waals surface area contributed by atoms with Crippen LogP contribution >= 0.6 is 0 Å². The van der Waals surface area contributed by atoms with E-state index in [9.17, 15) is 4.79 Å². The Labute approximate surface area is 183 Å². The van der Waals surface area contributed by atoms with Gasteiger partial charge in [-0.2, -0.15) is 0 Å². The highest BCUT2D eigenvalue weighted by molar-refractivity contribution is 5.87. The average molecular weight is 415 g/mol. The predicted molar refractivity (Wildman–Crippen MR) is 124 cm³/mol. The van der Waals surface area contributed by atoms with Crippen LogP contribution in [-0.4, -0.2) is 20.2 Å². The van der Waals surface area contributed by atoms with Crippen LogP contribution < -0.4 is 9.47 Å². The van der Waals surface area contributed by atoms with Gasteiger partial charge in [0.2, 0.25) is 0 Å². The Morgan fingerprint density at radius 2 is 1.45 bits per heavy atom. The molecule has 0 saturated carbocycles. The summed E-state index contributed by atoms with van der Waals surface area (Å²) >= 11 is 0. The van der Waals surface area contributed by atoms with Crippen LogP contribution in [0.3, 0.4) is 0 Å². The van der Waals surface area contributed by atoms with Crippen LogP contribution in [0.2, 0.25) is 0 Å². The summed E-state index contributed by atoms with van der Waals surface area (Å²) in [6, 6.07) is 25.2. The molecule has 1 atom stereocenters. The van der Waals surface area contributed by atoms with E-state index >= 15 is 0 Å². The Hall–Kier alpha value is -3.79. The number of ether oxygens (including phenoxy) is 3. The molecule has 0 aliphatic carbocycles. The second-order valence-corrected chi connectivity index (χ2v) is 6.80. The summed E-state index contributed by atoms with van der Waals surface area (Å²) in [5, 5.41) is 0. The standard InChI is InChI=1S/C27H26O4/c1-29-25-18-10-16-23(27(25)30-2)24(17-9-15-21-11-5-3-6-12-21)31-26(28)20-19-22-13-7-4-8-14-22/h3-16,18-20,24H,17H2,1-2H3/b15-9+,20-19+. The fraction of sp³-hybridized carbons (Fsp3) is 0.148. The lowest BCUT2D eigenvalue weighted by Gasteiger charge is -2.20. The van der Waals surface area contributed by atoms with E-state index in [1.165, 1.54) is 6.08 Å². The summed E-state index contributed by atoms with van der Waals surface area (Å²) in [6.07, 6.45) is 7.14. The quantitative estimate of drug-likeness (QED) is 0.313. The number of methoxy groups -OCH3 is 2. The lowest BCUT2D eigenvalue weighted by Crippen LogP contribution is -2.10. The minimum absolute atomic E-state index is 0.424. The lowest BCUT2D eigenvalue weighted by molar-refractivity contribution is -0.143. The van der Waals surface area contributed by atoms with Crippen LogP contribution in [0.4, 0.5) is 0 Å². The molecule has 0 bridgehead atoms. The number of rotatable bonds is 9. The Morgan fingerprint density at radius 3 is 2.06 bits per heavy atom. The van der Waals surface area contributed by atoms with Crippen molar-refractivity contribution in [1.29, 1.82) is 0 Å². The molecule has 4 heteroatoms. The van der Waals surface area contributed by atoms with Crippen LogP contribution in [0.5, 0.6) is 11.5 Å². The lowest BCUT2D eigenvalue weighted by atomic mass is 10.0. The molecule has 0 N–H and O–H groups in total. The molecule has 0 fully saturated rings. The van der Waals surface area contributed by atoms with Crippen molar-refractivity contribution < 1.29 is 19.0 Å². The van der Waals surface area contributed by atoms with Crippen molar-refractivity contribution in [3.05, 3.63) is 108 Å². The molecule has 31 heavy (non-hydrogen) atoms. The summed E-state index contributed by atoms with van der Waals surface area (Å²) in [6.45, 7) is 0. The first-order valence-corrected chi connectivity index (χ1v) is 10.1. The number of benzene rings is 3. The van der Waals surface area contributed by atoms with Gasteiger partial charge in [-0.15, -0.1) is 0 Å². The van der Waals surface area contributed by atoms with Crippen LogP contribution in [0, 0.1) is 0 Å². The van der Waals surface area contributed by atoms with E-state index in [1.807, 2.05) is 91.0 Å². The van der Waals surface area contributed by atoms with Crippen molar-refractivity contribution >= 4 is 18.1 Å². The van der Waals surface area contributed by atoms with Gasteiger partial charge in [-0.3, -0.25) is 0 Å². The predicted octanol–water partition coefficient (Wildman–Crippen LogP) is 6.11. The molecule has 0 spiro atoms. The maximum absolute atomic E-state index is 12.6. The van der Waals surface area contributed by atoms with E-state index in [4.69, 9.17) is 14.2 Å². The highest BCUT2D eigenvalue weighted by atomic mass is 16.5. The molecule has 158 valence electrons. The smallest absolute Gasteiger partial charge is 0.331 e. The SMILES string of the molecule is COc1cccc(C(C/C=C/c2ccccc2)OC(=O)/C=C/c2ccccc2)c1OC. The molecule has 0 radical (unpaired) electrons. The zero-order valence-electron chi connectivity index (χ0n) is 17.7. The molecule has 0 aromatic heterocycles. The Kier molecular flexibility index (Phi) is 8.06. The van der Waals surface area contributed by atoms with E-state index in [0.29, 0.717) is 17.9 Å². The molecular formula is C27H26O4. The van der Waals surface area contributed by atoms with E-state index in [2.05, 4.69) is 0 Å². The molecule has 4 nitrogen and oxygen atoms in total. The van der Waals surface area contributed by atoms with Crippen molar-refractivity contribution in [3.63, 3.8) is 0 Å². The van der Waals surface area contributed by atoms with Gasteiger partial charge in [-0.05, 0) is 23.3 Å². The second kappa shape index (κ2) is 11.4. The van der Waals surface area contributed by atoms with Gasteiger partial charge in [-0.25, -0.2) is 4.79 Å². The fourth-order valence-corrected chi connectivity index (χ4v) is 3.20. The topological polar surface area (TPSA) is 44.8 Å². The molecule has 0 heterocycles. The average Bonchev–Trinajstić information content (AvgIpc) is 2.83. The maximum atomic E-state index is 12.6. The van der Waals surface area contributed by atoms with Crippen LogP contribution in [-0.2, 0) is 9.53 Å². The van der Waals surface area contributed by atoms with E-state index in [-0.39, 0.29) is 0 Å². The molecule has 3 aromatic carbocycles. The first kappa shape index (κ1) is 21.9. The molecule has 0 aliphatic rings. The Balaban J connectivity index is 1.83. The highest BCUT2D eigenvalue weighted by Gasteiger charge is 2.21. The van der Waals surface area contributed by atoms with Crippen LogP contribution in [0.15, 0.2) is 91.0 Å². The van der Waals surface area contributed by atoms with Gasteiger partial charge in [0.25, 0.3) is 0 Å². The van der Waals surface area contributed by atoms with Crippen molar-refractivity contribution in [2.24, 2.45) is 0 Å². The second-order valence-electron chi connectivity index (χ2n) is 6.80. The van der Waals surface area contributed by atoms with Gasteiger partial charge in [0.05, 0.1) is 14.2 Å². The van der Waals surface area contributed by atoms with Crippen molar-refractivity contribution in [1.82, 2.24) is 0 Å². The van der Waals surface area contributed by atoms with Crippen LogP contribution in [0.25, 0.3) is 12.2 Å². The van der Waals surface area contributed by atoms with Gasteiger partial charge >= 0.3 is 5.97 Å². The Bertz CT molecular complexity index is 1020. The van der Waals surface area contributed by atoms with Gasteiger partial charge in [0, 0.05) is 18.1 Å². The molecular weight excluding hydrogens is 388 g/mol. The highest BCUT2D eigenvalue weighted by Crippen LogP contribution is 2.37. The van der Waals surface area contributed by atoms with Gasteiger partial charge in [0.1, 0.15) is 6.10 Å². The molecule has 0 amide bonds. The zero-order valence-corrected chi connectivity index (χ0v) is 17.7. The molecule has 3 rings (SSSR count). The third-order valence-electron chi connectivity index (χ3n) is 4.71. The van der Waals surface area contributed by atoms with Crippen molar-refractivity contribution in [2.75, 3.05) is 14.2 Å². The van der Waals surface area contributed by atoms with Crippen molar-refractivity contribution in [2.45, 2.75) is 12.5 Å². The molecule has 0 aliphatic heterocycles. The van der Waals surface area contributed by atoms with Crippen LogP contribution in [0.1, 0.15) is 29.2 Å². The first-order chi connectivity index (χ1) is 15.2. The Morgan fingerprint density at radius 1 is 0.806 bits per heavy atom. The summed E-state index contributed by atoms with van der Waals surface area (Å²) in [7, 11) is 3.16. The number of esters is 1. The molecule has 0 saturated heterocycles. The normalized spacial score (nSPS) is 12.1. The summed E-state index contributed by atoms with van der Waals surface area (Å²) < 4.78 is 16.8. The molecule has 1 unspecified atom stereocenters. The summed E-state index contributed by atoms with van der Waals surface area (Å²) in [5.74, 6) is 0.725. The van der Waals surface area contributed by atoms with E-state index in [1.54, 1.807) is 20.3 Å². The number of carbonyl (C=O) groups excluding carboxylic acids is 1. The summed E-state index contributed by atoms with van der Waals surface area (Å²) in [5.41, 5.74) is 2.76. The zero-order chi connectivity index (χ0) is 21.9. The molecule has 3 aromatic rings. The number of hydrogen-bond donors (Lipinski definition) is 0. The fourth-order valence-electron chi connectivity index (χ4n) is 3.20. The minimum Gasteiger partial charge on any atom is -0.493 e. The third-order valence-corrected chi connectivity index (χ3v) is 4.71. The first-order valence-electron chi connectivity index (χ1n) is 10.1. The number of carbonyl (C=O) groups is 1. The number of para-hydroxylation sites is 1. The van der Waals surface area contributed by atoms with E-state index in [0.717, 1.165) is 16.7 Å². The monoisotopic (exact) mass is 414 g/mol. The van der Waals surface area contributed by atoms with E-state index < -0.39 is 12.1 Å². The number of hydrogen-bond acceptors (Lipinski definition) is 4. The minimum atomic E-state index is -0.530. The van der Waals surface area contributed by atoms with Gasteiger partial charge in [0.15, 0.2) is 11.5 Å². The van der Waals surface area contributed by atoms with Gasteiger partial charge < -0.3 is 14.2 Å². The van der Waals surface area contributed by atoms with Gasteiger partial charge in [-0.1, -0.05) is 84.9 Å². The summed E-state index contributed by atoms with van der Waals surface area (Å²) in [4.78, 5) is 12.6. The third kappa shape index (κ3) is 6.34.